The number of nitrogens with zero attached hydrogens (tertiary/aromatic N) is 1. The lowest BCUT2D eigenvalue weighted by molar-refractivity contribution is -0.141. The Kier molecular flexibility index (Phi) is 6.60. The minimum absolute atomic E-state index is 0.116. The van der Waals surface area contributed by atoms with Gasteiger partial charge in [0.2, 0.25) is 5.91 Å². The Bertz CT molecular complexity index is 933. The molecule has 0 fully saturated rings. The largest absolute Gasteiger partial charge is 0.469 e. The third-order valence-electron chi connectivity index (χ3n) is 4.18. The molecule has 1 N–H and O–H groups in total. The van der Waals surface area contributed by atoms with Crippen LogP contribution >= 0.6 is 11.3 Å². The number of aryl methyl sites for hydroxylation is 1. The van der Waals surface area contributed by atoms with Crippen LogP contribution in [-0.4, -0.2) is 30.0 Å². The molecule has 0 aliphatic heterocycles. The molecule has 3 rings (SSSR count). The summed E-state index contributed by atoms with van der Waals surface area (Å²) in [5.74, 6) is 0.973. The number of aromatic nitrogens is 1. The van der Waals surface area contributed by atoms with E-state index in [1.54, 1.807) is 0 Å². The SMILES string of the molecule is COC(=O)C[C@@H](Cc1ccccc1)NC(=O)Cc1csc(-c2ccc(C)o2)n1. The average Bonchev–Trinajstić information content (AvgIpc) is 3.31. The maximum absolute atomic E-state index is 12.5. The predicted octanol–water partition coefficient (Wildman–Crippen LogP) is 3.54. The molecule has 0 saturated carbocycles. The van der Waals surface area contributed by atoms with Crippen molar-refractivity contribution in [3.05, 3.63) is 64.9 Å². The topological polar surface area (TPSA) is 81.4 Å². The summed E-state index contributed by atoms with van der Waals surface area (Å²) in [5.41, 5.74) is 1.71. The Hall–Kier alpha value is -2.93. The fourth-order valence-electron chi connectivity index (χ4n) is 2.85. The molecule has 0 unspecified atom stereocenters. The minimum atomic E-state index is -0.356. The molecule has 1 aromatic carbocycles. The quantitative estimate of drug-likeness (QED) is 0.587. The summed E-state index contributed by atoms with van der Waals surface area (Å²) in [6.45, 7) is 1.87. The van der Waals surface area contributed by atoms with Crippen LogP contribution in [0.2, 0.25) is 0 Å². The Morgan fingerprint density at radius 1 is 1.21 bits per heavy atom. The van der Waals surface area contributed by atoms with Crippen LogP contribution in [0.25, 0.3) is 10.8 Å². The van der Waals surface area contributed by atoms with E-state index in [1.165, 1.54) is 18.4 Å². The number of amides is 1. The number of benzene rings is 1. The van der Waals surface area contributed by atoms with Crippen molar-refractivity contribution in [2.45, 2.75) is 32.2 Å². The van der Waals surface area contributed by atoms with Crippen LogP contribution in [0.3, 0.4) is 0 Å². The molecule has 1 atom stereocenters. The van der Waals surface area contributed by atoms with Crippen molar-refractivity contribution in [2.75, 3.05) is 7.11 Å². The van der Waals surface area contributed by atoms with Gasteiger partial charge in [0.15, 0.2) is 10.8 Å². The number of carbonyl (C=O) groups is 2. The number of nitrogens with one attached hydrogen (secondary N) is 1. The van der Waals surface area contributed by atoms with Gasteiger partial charge in [-0.3, -0.25) is 9.59 Å². The molecule has 7 heteroatoms. The van der Waals surface area contributed by atoms with Crippen LogP contribution < -0.4 is 5.32 Å². The van der Waals surface area contributed by atoms with Crippen LogP contribution in [0.15, 0.2) is 52.3 Å². The second kappa shape index (κ2) is 9.32. The molecular weight excluding hydrogens is 376 g/mol. The lowest BCUT2D eigenvalue weighted by Crippen LogP contribution is -2.39. The highest BCUT2D eigenvalue weighted by molar-refractivity contribution is 7.13. The summed E-state index contributed by atoms with van der Waals surface area (Å²) in [6.07, 6.45) is 0.809. The fourth-order valence-corrected chi connectivity index (χ4v) is 3.63. The van der Waals surface area contributed by atoms with Crippen molar-refractivity contribution < 1.29 is 18.7 Å². The molecule has 0 aliphatic rings. The van der Waals surface area contributed by atoms with Gasteiger partial charge in [-0.2, -0.15) is 0 Å². The highest BCUT2D eigenvalue weighted by Gasteiger charge is 2.19. The predicted molar refractivity (Wildman–Crippen MR) is 107 cm³/mol. The van der Waals surface area contributed by atoms with E-state index in [-0.39, 0.29) is 30.8 Å². The Labute approximate surface area is 167 Å². The number of esters is 1. The van der Waals surface area contributed by atoms with Crippen LogP contribution in [-0.2, 0) is 27.2 Å². The van der Waals surface area contributed by atoms with Gasteiger partial charge in [-0.1, -0.05) is 30.3 Å². The second-order valence-electron chi connectivity index (χ2n) is 6.47. The number of carbonyl (C=O) groups excluding carboxylic acids is 2. The van der Waals surface area contributed by atoms with Crippen LogP contribution in [0.4, 0.5) is 0 Å². The average molecular weight is 398 g/mol. The van der Waals surface area contributed by atoms with E-state index >= 15 is 0 Å². The first-order valence-corrected chi connectivity index (χ1v) is 9.82. The van der Waals surface area contributed by atoms with Crippen molar-refractivity contribution in [2.24, 2.45) is 0 Å². The number of hydrogen-bond donors (Lipinski definition) is 1. The number of rotatable bonds is 8. The normalized spacial score (nSPS) is 11.8. The molecule has 6 nitrogen and oxygen atoms in total. The maximum Gasteiger partial charge on any atom is 0.307 e. The van der Waals surface area contributed by atoms with Crippen LogP contribution in [0, 0.1) is 6.92 Å². The van der Waals surface area contributed by atoms with Gasteiger partial charge in [-0.25, -0.2) is 4.98 Å². The standard InChI is InChI=1S/C21H22N2O4S/c1-14-8-9-18(27-14)21-23-17(13-28-21)11-19(24)22-16(12-20(25)26-2)10-15-6-4-3-5-7-15/h3-9,13,16H,10-12H2,1-2H3,(H,22,24)/t16-/m1/s1. The molecule has 146 valence electrons. The number of hydrogen-bond acceptors (Lipinski definition) is 6. The van der Waals surface area contributed by atoms with E-state index in [1.807, 2.05) is 54.8 Å². The molecule has 3 aromatic rings. The van der Waals surface area contributed by atoms with Crippen LogP contribution in [0.1, 0.15) is 23.4 Å². The summed E-state index contributed by atoms with van der Waals surface area (Å²) < 4.78 is 10.3. The molecular formula is C21H22N2O4S. The Morgan fingerprint density at radius 3 is 2.68 bits per heavy atom. The number of ether oxygens (including phenoxy) is 1. The number of methoxy groups -OCH3 is 1. The first kappa shape index (κ1) is 19.8. The molecule has 0 aliphatic carbocycles. The highest BCUT2D eigenvalue weighted by Crippen LogP contribution is 2.25. The van der Waals surface area contributed by atoms with E-state index in [9.17, 15) is 9.59 Å². The van der Waals surface area contributed by atoms with E-state index in [2.05, 4.69) is 10.3 Å². The van der Waals surface area contributed by atoms with Crippen LogP contribution in [0.5, 0.6) is 0 Å². The van der Waals surface area contributed by atoms with Gasteiger partial charge in [0, 0.05) is 11.4 Å². The minimum Gasteiger partial charge on any atom is -0.469 e. The van der Waals surface area contributed by atoms with Gasteiger partial charge >= 0.3 is 5.97 Å². The van der Waals surface area contributed by atoms with E-state index < -0.39 is 0 Å². The lowest BCUT2D eigenvalue weighted by atomic mass is 10.0. The molecule has 2 heterocycles. The third-order valence-corrected chi connectivity index (χ3v) is 5.08. The molecule has 28 heavy (non-hydrogen) atoms. The third kappa shape index (κ3) is 5.53. The zero-order valence-electron chi connectivity index (χ0n) is 15.8. The maximum atomic E-state index is 12.5. The second-order valence-corrected chi connectivity index (χ2v) is 7.32. The summed E-state index contributed by atoms with van der Waals surface area (Å²) in [4.78, 5) is 28.7. The van der Waals surface area contributed by atoms with Crippen molar-refractivity contribution in [3.8, 4) is 10.8 Å². The van der Waals surface area contributed by atoms with Crippen molar-refractivity contribution >= 4 is 23.2 Å². The zero-order valence-corrected chi connectivity index (χ0v) is 16.6. The molecule has 1 amide bonds. The van der Waals surface area contributed by atoms with Crippen molar-refractivity contribution in [3.63, 3.8) is 0 Å². The van der Waals surface area contributed by atoms with E-state index in [4.69, 9.17) is 9.15 Å². The number of furan rings is 1. The Morgan fingerprint density at radius 2 is 2.00 bits per heavy atom. The zero-order chi connectivity index (χ0) is 19.9. The van der Waals surface area contributed by atoms with Gasteiger partial charge in [-0.15, -0.1) is 11.3 Å². The molecule has 0 spiro atoms. The first-order valence-electron chi connectivity index (χ1n) is 8.95. The van der Waals surface area contributed by atoms with Gasteiger partial charge in [0.05, 0.1) is 25.6 Å². The first-order chi connectivity index (χ1) is 13.5. The van der Waals surface area contributed by atoms with E-state index in [0.717, 1.165) is 16.3 Å². The lowest BCUT2D eigenvalue weighted by Gasteiger charge is -2.17. The van der Waals surface area contributed by atoms with Crippen molar-refractivity contribution in [1.29, 1.82) is 0 Å². The fraction of sp³-hybridized carbons (Fsp3) is 0.286. The van der Waals surface area contributed by atoms with E-state index in [0.29, 0.717) is 17.9 Å². The highest BCUT2D eigenvalue weighted by atomic mass is 32.1. The monoisotopic (exact) mass is 398 g/mol. The molecule has 0 saturated heterocycles. The van der Waals surface area contributed by atoms with Gasteiger partial charge in [0.25, 0.3) is 0 Å². The Balaban J connectivity index is 1.62. The van der Waals surface area contributed by atoms with Gasteiger partial charge < -0.3 is 14.5 Å². The van der Waals surface area contributed by atoms with Crippen molar-refractivity contribution in [1.82, 2.24) is 10.3 Å². The smallest absolute Gasteiger partial charge is 0.307 e. The molecule has 0 radical (unpaired) electrons. The summed E-state index contributed by atoms with van der Waals surface area (Å²) in [6, 6.07) is 13.1. The summed E-state index contributed by atoms with van der Waals surface area (Å²) in [7, 11) is 1.34. The van der Waals surface area contributed by atoms with Gasteiger partial charge in [-0.05, 0) is 31.0 Å². The number of thiazole rings is 1. The van der Waals surface area contributed by atoms with Gasteiger partial charge in [0.1, 0.15) is 5.76 Å². The summed E-state index contributed by atoms with van der Waals surface area (Å²) >= 11 is 1.43. The molecule has 2 aromatic heterocycles. The summed E-state index contributed by atoms with van der Waals surface area (Å²) in [5, 5.41) is 5.52. The molecule has 0 bridgehead atoms.